The number of nitrogens with two attached hydrogens (primary N) is 1. The van der Waals surface area contributed by atoms with Crippen LogP contribution >= 0.6 is 0 Å². The molecule has 4 heteroatoms. The first-order valence-corrected chi connectivity index (χ1v) is 7.43. The molecular formula is C17H24N4. The van der Waals surface area contributed by atoms with Crippen molar-refractivity contribution in [2.45, 2.75) is 45.8 Å². The number of hydrogen-bond donors (Lipinski definition) is 1. The minimum atomic E-state index is 0.130. The van der Waals surface area contributed by atoms with Gasteiger partial charge in [-0.25, -0.2) is 9.97 Å². The normalized spacial score (nSPS) is 12.4. The van der Waals surface area contributed by atoms with Crippen LogP contribution in [0, 0.1) is 0 Å². The maximum Gasteiger partial charge on any atom is 0.225 e. The van der Waals surface area contributed by atoms with Crippen molar-refractivity contribution in [1.29, 1.82) is 0 Å². The summed E-state index contributed by atoms with van der Waals surface area (Å²) in [6.45, 7) is 7.11. The summed E-state index contributed by atoms with van der Waals surface area (Å²) < 4.78 is 0. The number of aromatic nitrogens is 2. The highest BCUT2D eigenvalue weighted by Crippen LogP contribution is 2.15. The molecule has 2 N–H and O–H groups in total. The van der Waals surface area contributed by atoms with Crippen molar-refractivity contribution >= 4 is 5.95 Å². The van der Waals surface area contributed by atoms with E-state index in [4.69, 9.17) is 5.73 Å². The van der Waals surface area contributed by atoms with Crippen molar-refractivity contribution in [3.8, 4) is 0 Å². The molecule has 2 aromatic rings. The van der Waals surface area contributed by atoms with Crippen LogP contribution < -0.4 is 10.6 Å². The van der Waals surface area contributed by atoms with Gasteiger partial charge in [0.25, 0.3) is 0 Å². The first-order chi connectivity index (χ1) is 10.1. The molecule has 0 spiro atoms. The summed E-state index contributed by atoms with van der Waals surface area (Å²) in [5.74, 6) is 0.766. The Labute approximate surface area is 127 Å². The van der Waals surface area contributed by atoms with Crippen molar-refractivity contribution in [2.75, 3.05) is 4.90 Å². The summed E-state index contributed by atoms with van der Waals surface area (Å²) in [6, 6.07) is 10.9. The highest BCUT2D eigenvalue weighted by Gasteiger charge is 2.14. The van der Waals surface area contributed by atoms with Gasteiger partial charge in [-0.3, -0.25) is 0 Å². The average molecular weight is 284 g/mol. The van der Waals surface area contributed by atoms with Crippen molar-refractivity contribution in [3.63, 3.8) is 0 Å². The SMILES string of the molecule is CC(N)Cc1cnc(N(Cc2ccccc2)C(C)C)nc1. The second-order valence-corrected chi connectivity index (χ2v) is 5.78. The highest BCUT2D eigenvalue weighted by atomic mass is 15.3. The van der Waals surface area contributed by atoms with Gasteiger partial charge in [0.05, 0.1) is 0 Å². The fraction of sp³-hybridized carbons (Fsp3) is 0.412. The summed E-state index contributed by atoms with van der Waals surface area (Å²) in [5.41, 5.74) is 8.15. The lowest BCUT2D eigenvalue weighted by Gasteiger charge is -2.26. The zero-order valence-electron chi connectivity index (χ0n) is 13.0. The summed E-state index contributed by atoms with van der Waals surface area (Å²) in [6.07, 6.45) is 4.57. The van der Waals surface area contributed by atoms with Gasteiger partial charge in [-0.05, 0) is 38.3 Å². The average Bonchev–Trinajstić information content (AvgIpc) is 2.46. The number of nitrogens with zero attached hydrogens (tertiary/aromatic N) is 3. The molecule has 1 aromatic heterocycles. The van der Waals surface area contributed by atoms with E-state index in [-0.39, 0.29) is 6.04 Å². The summed E-state index contributed by atoms with van der Waals surface area (Å²) >= 11 is 0. The third-order valence-electron chi connectivity index (χ3n) is 3.33. The molecule has 0 radical (unpaired) electrons. The van der Waals surface area contributed by atoms with Crippen molar-refractivity contribution in [3.05, 3.63) is 53.9 Å². The van der Waals surface area contributed by atoms with Crippen LogP contribution in [-0.2, 0) is 13.0 Å². The van der Waals surface area contributed by atoms with Crippen molar-refractivity contribution in [1.82, 2.24) is 9.97 Å². The van der Waals surface area contributed by atoms with Crippen LogP contribution in [0.1, 0.15) is 31.9 Å². The van der Waals surface area contributed by atoms with E-state index in [0.29, 0.717) is 6.04 Å². The Kier molecular flexibility index (Phi) is 5.28. The maximum atomic E-state index is 5.81. The fourth-order valence-electron chi connectivity index (χ4n) is 2.24. The molecule has 0 bridgehead atoms. The standard InChI is InChI=1S/C17H24N4/c1-13(2)21(12-15-7-5-4-6-8-15)17-19-10-16(11-20-17)9-14(3)18/h4-8,10-11,13-14H,9,12,18H2,1-3H3. The van der Waals surface area contributed by atoms with Gasteiger partial charge in [0.2, 0.25) is 5.95 Å². The molecule has 1 unspecified atom stereocenters. The number of hydrogen-bond acceptors (Lipinski definition) is 4. The summed E-state index contributed by atoms with van der Waals surface area (Å²) in [5, 5.41) is 0. The minimum absolute atomic E-state index is 0.130. The summed E-state index contributed by atoms with van der Waals surface area (Å²) in [7, 11) is 0. The zero-order valence-corrected chi connectivity index (χ0v) is 13.0. The van der Waals surface area contributed by atoms with Crippen LogP contribution in [0.5, 0.6) is 0 Å². The number of rotatable bonds is 6. The van der Waals surface area contributed by atoms with E-state index in [1.165, 1.54) is 5.56 Å². The monoisotopic (exact) mass is 284 g/mol. The lowest BCUT2D eigenvalue weighted by molar-refractivity contribution is 0.657. The van der Waals surface area contributed by atoms with E-state index >= 15 is 0 Å². The first kappa shape index (κ1) is 15.4. The Morgan fingerprint density at radius 3 is 2.14 bits per heavy atom. The molecule has 0 saturated carbocycles. The number of anilines is 1. The molecule has 0 saturated heterocycles. The highest BCUT2D eigenvalue weighted by molar-refractivity contribution is 5.33. The summed E-state index contributed by atoms with van der Waals surface area (Å²) in [4.78, 5) is 11.2. The third-order valence-corrected chi connectivity index (χ3v) is 3.33. The van der Waals surface area contributed by atoms with Gasteiger partial charge >= 0.3 is 0 Å². The van der Waals surface area contributed by atoms with E-state index in [9.17, 15) is 0 Å². The van der Waals surface area contributed by atoms with Crippen LogP contribution in [0.3, 0.4) is 0 Å². The second kappa shape index (κ2) is 7.18. The fourth-order valence-corrected chi connectivity index (χ4v) is 2.24. The lowest BCUT2D eigenvalue weighted by Crippen LogP contribution is -2.31. The minimum Gasteiger partial charge on any atom is -0.334 e. The molecule has 112 valence electrons. The topological polar surface area (TPSA) is 55.0 Å². The number of benzene rings is 1. The molecule has 0 aliphatic heterocycles. The van der Waals surface area contributed by atoms with E-state index in [1.54, 1.807) is 0 Å². The molecular weight excluding hydrogens is 260 g/mol. The quantitative estimate of drug-likeness (QED) is 0.886. The van der Waals surface area contributed by atoms with Crippen LogP contribution in [0.15, 0.2) is 42.7 Å². The molecule has 4 nitrogen and oxygen atoms in total. The van der Waals surface area contributed by atoms with Crippen LogP contribution in [0.25, 0.3) is 0 Å². The molecule has 21 heavy (non-hydrogen) atoms. The molecule has 0 amide bonds. The molecule has 1 atom stereocenters. The zero-order chi connectivity index (χ0) is 15.2. The maximum absolute atomic E-state index is 5.81. The van der Waals surface area contributed by atoms with Gasteiger partial charge in [0.1, 0.15) is 0 Å². The van der Waals surface area contributed by atoms with Crippen LogP contribution in [0.4, 0.5) is 5.95 Å². The van der Waals surface area contributed by atoms with Gasteiger partial charge in [0.15, 0.2) is 0 Å². The van der Waals surface area contributed by atoms with Gasteiger partial charge in [-0.2, -0.15) is 0 Å². The molecule has 2 rings (SSSR count). The second-order valence-electron chi connectivity index (χ2n) is 5.78. The molecule has 0 aliphatic carbocycles. The Balaban J connectivity index is 2.14. The lowest BCUT2D eigenvalue weighted by atomic mass is 10.1. The first-order valence-electron chi connectivity index (χ1n) is 7.43. The van der Waals surface area contributed by atoms with Crippen LogP contribution in [0.2, 0.25) is 0 Å². The Morgan fingerprint density at radius 2 is 1.62 bits per heavy atom. The van der Waals surface area contributed by atoms with Crippen LogP contribution in [-0.4, -0.2) is 22.1 Å². The van der Waals surface area contributed by atoms with Gasteiger partial charge in [-0.15, -0.1) is 0 Å². The molecule has 1 heterocycles. The smallest absolute Gasteiger partial charge is 0.225 e. The Hall–Kier alpha value is -1.94. The van der Waals surface area contributed by atoms with E-state index in [2.05, 4.69) is 53.0 Å². The predicted molar refractivity (Wildman–Crippen MR) is 87.1 cm³/mol. The van der Waals surface area contributed by atoms with E-state index in [1.807, 2.05) is 25.4 Å². The van der Waals surface area contributed by atoms with Gasteiger partial charge < -0.3 is 10.6 Å². The molecule has 0 fully saturated rings. The van der Waals surface area contributed by atoms with Gasteiger partial charge in [0, 0.05) is 31.0 Å². The molecule has 1 aromatic carbocycles. The largest absolute Gasteiger partial charge is 0.334 e. The van der Waals surface area contributed by atoms with E-state index in [0.717, 1.165) is 24.5 Å². The third kappa shape index (κ3) is 4.53. The predicted octanol–water partition coefficient (Wildman–Crippen LogP) is 2.78. The van der Waals surface area contributed by atoms with Crippen molar-refractivity contribution in [2.24, 2.45) is 5.73 Å². The Morgan fingerprint density at radius 1 is 1.00 bits per heavy atom. The van der Waals surface area contributed by atoms with Crippen molar-refractivity contribution < 1.29 is 0 Å². The van der Waals surface area contributed by atoms with E-state index < -0.39 is 0 Å². The molecule has 0 aliphatic rings. The Bertz CT molecular complexity index is 534. The van der Waals surface area contributed by atoms with Gasteiger partial charge in [-0.1, -0.05) is 30.3 Å².